The Bertz CT molecular complexity index is 694. The number of likely N-dealkylation sites (tertiary alicyclic amines) is 1. The number of nitrogens with zero attached hydrogens (tertiary/aromatic N) is 1. The van der Waals surface area contributed by atoms with E-state index in [9.17, 15) is 14.4 Å². The molecule has 5 heteroatoms. The van der Waals surface area contributed by atoms with Gasteiger partial charge in [0.1, 0.15) is 5.78 Å². The van der Waals surface area contributed by atoms with E-state index in [1.165, 1.54) is 0 Å². The molecule has 3 fully saturated rings. The quantitative estimate of drug-likeness (QED) is 0.892. The van der Waals surface area contributed by atoms with Gasteiger partial charge in [0.25, 0.3) is 5.91 Å². The average Bonchev–Trinajstić information content (AvgIpc) is 2.68. The van der Waals surface area contributed by atoms with Gasteiger partial charge in [-0.15, -0.1) is 0 Å². The summed E-state index contributed by atoms with van der Waals surface area (Å²) in [5, 5.41) is 3.20. The number of amides is 2. The molecule has 1 N–H and O–H groups in total. The third kappa shape index (κ3) is 3.92. The summed E-state index contributed by atoms with van der Waals surface area (Å²) in [6, 6.07) is 9.49. The van der Waals surface area contributed by atoms with Crippen LogP contribution in [-0.4, -0.2) is 41.6 Å². The molecule has 2 unspecified atom stereocenters. The highest BCUT2D eigenvalue weighted by molar-refractivity contribution is 5.94. The Balaban J connectivity index is 1.27. The fraction of sp³-hybridized carbons (Fsp3) is 0.591. The summed E-state index contributed by atoms with van der Waals surface area (Å²) in [4.78, 5) is 39.4. The molecule has 0 aromatic heterocycles. The lowest BCUT2D eigenvalue weighted by molar-refractivity contribution is -0.138. The van der Waals surface area contributed by atoms with Crippen LogP contribution in [0.15, 0.2) is 30.3 Å². The summed E-state index contributed by atoms with van der Waals surface area (Å²) in [7, 11) is 0. The normalized spacial score (nSPS) is 28.7. The Morgan fingerprint density at radius 2 is 1.56 bits per heavy atom. The van der Waals surface area contributed by atoms with E-state index in [2.05, 4.69) is 5.32 Å². The van der Waals surface area contributed by atoms with Gasteiger partial charge >= 0.3 is 0 Å². The minimum absolute atomic E-state index is 0.0121. The number of fused-ring (bicyclic) bond motifs is 2. The van der Waals surface area contributed by atoms with E-state index >= 15 is 0 Å². The van der Waals surface area contributed by atoms with Crippen LogP contribution in [0.5, 0.6) is 0 Å². The lowest BCUT2D eigenvalue weighted by Crippen LogP contribution is -2.49. The van der Waals surface area contributed by atoms with Crippen LogP contribution in [0.3, 0.4) is 0 Å². The first-order valence-corrected chi connectivity index (χ1v) is 10.3. The van der Waals surface area contributed by atoms with Crippen molar-refractivity contribution >= 4 is 17.6 Å². The fourth-order valence-corrected chi connectivity index (χ4v) is 5.00. The van der Waals surface area contributed by atoms with Gasteiger partial charge in [0, 0.05) is 42.4 Å². The molecule has 0 radical (unpaired) electrons. The van der Waals surface area contributed by atoms with Gasteiger partial charge < -0.3 is 10.2 Å². The van der Waals surface area contributed by atoms with Crippen LogP contribution in [-0.2, 0) is 9.59 Å². The maximum atomic E-state index is 12.7. The van der Waals surface area contributed by atoms with Crippen molar-refractivity contribution in [3.05, 3.63) is 35.9 Å². The molecule has 5 nitrogen and oxygen atoms in total. The van der Waals surface area contributed by atoms with E-state index in [-0.39, 0.29) is 35.6 Å². The van der Waals surface area contributed by atoms with Crippen LogP contribution >= 0.6 is 0 Å². The van der Waals surface area contributed by atoms with Gasteiger partial charge in [0.05, 0.1) is 0 Å². The number of nitrogens with one attached hydrogen (secondary N) is 1. The number of piperidine rings is 1. The molecule has 2 amide bonds. The van der Waals surface area contributed by atoms with Crippen molar-refractivity contribution in [3.63, 3.8) is 0 Å². The SMILES string of the molecule is O=C(NC1CCN(C(=O)c2ccccc2)CC1)C1CC2CCCC(C1)C2=O. The zero-order chi connectivity index (χ0) is 18.8. The molecule has 1 aromatic rings. The summed E-state index contributed by atoms with van der Waals surface area (Å²) in [5.41, 5.74) is 0.721. The van der Waals surface area contributed by atoms with Crippen molar-refractivity contribution in [1.82, 2.24) is 10.2 Å². The summed E-state index contributed by atoms with van der Waals surface area (Å²) >= 11 is 0. The number of hydrogen-bond acceptors (Lipinski definition) is 3. The monoisotopic (exact) mass is 368 g/mol. The van der Waals surface area contributed by atoms with E-state index < -0.39 is 0 Å². The van der Waals surface area contributed by atoms with Crippen molar-refractivity contribution in [3.8, 4) is 0 Å². The third-order valence-electron chi connectivity index (χ3n) is 6.57. The molecule has 1 heterocycles. The van der Waals surface area contributed by atoms with Crippen LogP contribution in [0.4, 0.5) is 0 Å². The molecular weight excluding hydrogens is 340 g/mol. The molecule has 1 aromatic carbocycles. The lowest BCUT2D eigenvalue weighted by atomic mass is 9.67. The third-order valence-corrected chi connectivity index (χ3v) is 6.57. The summed E-state index contributed by atoms with van der Waals surface area (Å²) in [6.07, 6.45) is 6.09. The topological polar surface area (TPSA) is 66.5 Å². The molecule has 2 saturated carbocycles. The smallest absolute Gasteiger partial charge is 0.253 e. The molecule has 2 bridgehead atoms. The van der Waals surface area contributed by atoms with Crippen LogP contribution in [0.25, 0.3) is 0 Å². The van der Waals surface area contributed by atoms with Crippen molar-refractivity contribution in [1.29, 1.82) is 0 Å². The van der Waals surface area contributed by atoms with Crippen LogP contribution < -0.4 is 5.32 Å². The van der Waals surface area contributed by atoms with Crippen LogP contribution in [0, 0.1) is 17.8 Å². The van der Waals surface area contributed by atoms with Gasteiger partial charge in [-0.05, 0) is 50.7 Å². The number of rotatable bonds is 3. The Kier molecular flexibility index (Phi) is 5.28. The number of carbonyl (C=O) groups is 3. The van der Waals surface area contributed by atoms with Gasteiger partial charge in [-0.1, -0.05) is 24.6 Å². The minimum atomic E-state index is -0.0121. The molecule has 1 saturated heterocycles. The molecular formula is C22H28N2O3. The zero-order valence-electron chi connectivity index (χ0n) is 15.7. The minimum Gasteiger partial charge on any atom is -0.353 e. The Hall–Kier alpha value is -2.17. The highest BCUT2D eigenvalue weighted by Gasteiger charge is 2.41. The molecule has 1 aliphatic heterocycles. The molecule has 2 aliphatic carbocycles. The molecule has 2 atom stereocenters. The van der Waals surface area contributed by atoms with Gasteiger partial charge in [-0.25, -0.2) is 0 Å². The molecule has 4 rings (SSSR count). The maximum absolute atomic E-state index is 12.7. The predicted octanol–water partition coefficient (Wildman–Crippen LogP) is 2.80. The number of ketones is 1. The van der Waals surface area contributed by atoms with E-state index in [0.717, 1.165) is 50.5 Å². The predicted molar refractivity (Wildman–Crippen MR) is 102 cm³/mol. The Morgan fingerprint density at radius 3 is 2.19 bits per heavy atom. The molecule has 0 spiro atoms. The van der Waals surface area contributed by atoms with Crippen molar-refractivity contribution < 1.29 is 14.4 Å². The number of benzene rings is 1. The zero-order valence-corrected chi connectivity index (χ0v) is 15.7. The van der Waals surface area contributed by atoms with E-state index in [1.807, 2.05) is 35.2 Å². The first-order valence-electron chi connectivity index (χ1n) is 10.3. The largest absolute Gasteiger partial charge is 0.353 e. The first-order chi connectivity index (χ1) is 13.1. The number of carbonyl (C=O) groups excluding carboxylic acids is 3. The number of hydrogen-bond donors (Lipinski definition) is 1. The molecule has 27 heavy (non-hydrogen) atoms. The molecule has 144 valence electrons. The van der Waals surface area contributed by atoms with E-state index in [0.29, 0.717) is 18.9 Å². The summed E-state index contributed by atoms with van der Waals surface area (Å²) in [5.74, 6) is 0.795. The highest BCUT2D eigenvalue weighted by atomic mass is 16.2. The van der Waals surface area contributed by atoms with Gasteiger partial charge in [0.2, 0.25) is 5.91 Å². The standard InChI is InChI=1S/C22H28N2O3/c25-20-16-7-4-8-17(20)14-18(13-16)21(26)23-19-9-11-24(12-10-19)22(27)15-5-2-1-3-6-15/h1-3,5-6,16-19H,4,7-14H2,(H,23,26). The van der Waals surface area contributed by atoms with Gasteiger partial charge in [-0.3, -0.25) is 14.4 Å². The second-order valence-electron chi connectivity index (χ2n) is 8.34. The van der Waals surface area contributed by atoms with Crippen molar-refractivity contribution in [2.75, 3.05) is 13.1 Å². The van der Waals surface area contributed by atoms with Crippen molar-refractivity contribution in [2.45, 2.75) is 51.0 Å². The maximum Gasteiger partial charge on any atom is 0.253 e. The molecule has 3 aliphatic rings. The first kappa shape index (κ1) is 18.2. The van der Waals surface area contributed by atoms with Crippen LogP contribution in [0.1, 0.15) is 55.3 Å². The Labute approximate surface area is 160 Å². The lowest BCUT2D eigenvalue weighted by Gasteiger charge is -2.38. The van der Waals surface area contributed by atoms with E-state index in [4.69, 9.17) is 0 Å². The van der Waals surface area contributed by atoms with Gasteiger partial charge in [-0.2, -0.15) is 0 Å². The van der Waals surface area contributed by atoms with Crippen molar-refractivity contribution in [2.24, 2.45) is 17.8 Å². The fourth-order valence-electron chi connectivity index (χ4n) is 5.00. The van der Waals surface area contributed by atoms with Gasteiger partial charge in [0.15, 0.2) is 0 Å². The highest BCUT2D eigenvalue weighted by Crippen LogP contribution is 2.40. The second-order valence-corrected chi connectivity index (χ2v) is 8.34. The number of Topliss-reactive ketones (excluding diaryl/α,β-unsaturated/α-hetero) is 1. The van der Waals surface area contributed by atoms with Crippen LogP contribution in [0.2, 0.25) is 0 Å². The average molecular weight is 368 g/mol. The summed E-state index contributed by atoms with van der Waals surface area (Å²) < 4.78 is 0. The summed E-state index contributed by atoms with van der Waals surface area (Å²) in [6.45, 7) is 1.35. The van der Waals surface area contributed by atoms with E-state index in [1.54, 1.807) is 0 Å². The second kappa shape index (κ2) is 7.83. The Morgan fingerprint density at radius 1 is 0.926 bits per heavy atom.